The van der Waals surface area contributed by atoms with E-state index in [4.69, 9.17) is 5.73 Å². The summed E-state index contributed by atoms with van der Waals surface area (Å²) in [6.07, 6.45) is 3.11. The number of carbonyl (C=O) groups is 2. The summed E-state index contributed by atoms with van der Waals surface area (Å²) in [5, 5.41) is 5.75. The summed E-state index contributed by atoms with van der Waals surface area (Å²) < 4.78 is 0. The molecule has 1 aliphatic rings. The molecular weight excluding hydrogens is 356 g/mol. The fourth-order valence-corrected chi connectivity index (χ4v) is 5.32. The van der Waals surface area contributed by atoms with Crippen LogP contribution in [0.5, 0.6) is 0 Å². The number of carbonyl (C=O) groups excluding carboxylic acids is 2. The number of fused-ring (bicyclic) bond motifs is 2. The number of hydrogen-bond acceptors (Lipinski definition) is 3. The van der Waals surface area contributed by atoms with E-state index in [2.05, 4.69) is 12.2 Å². The monoisotopic (exact) mass is 378 g/mol. The number of anilines is 1. The van der Waals surface area contributed by atoms with Gasteiger partial charge in [-0.25, -0.2) is 0 Å². The quantitative estimate of drug-likeness (QED) is 0.710. The standard InChI is InChI=1S/C22H22N2O2S/c1-13-9-10-17-18(11-13)27-22(20(17)21(23)26)24-19(25)12-15-7-4-6-14-5-2-3-8-16(14)15/h2-8,13H,9-12H2,1H3,(H2,23,26)(H,24,25)/t13-/m1/s1. The average molecular weight is 378 g/mol. The molecule has 3 aromatic rings. The maximum atomic E-state index is 12.7. The molecule has 0 bridgehead atoms. The van der Waals surface area contributed by atoms with Crippen molar-refractivity contribution >= 4 is 38.9 Å². The summed E-state index contributed by atoms with van der Waals surface area (Å²) in [6.45, 7) is 2.21. The number of benzene rings is 2. The molecule has 0 fully saturated rings. The van der Waals surface area contributed by atoms with E-state index in [-0.39, 0.29) is 12.3 Å². The lowest BCUT2D eigenvalue weighted by Gasteiger charge is -2.18. The first kappa shape index (κ1) is 17.7. The second-order valence-corrected chi connectivity index (χ2v) is 8.39. The molecule has 1 heterocycles. The number of hydrogen-bond donors (Lipinski definition) is 2. The van der Waals surface area contributed by atoms with Gasteiger partial charge in [0.1, 0.15) is 5.00 Å². The van der Waals surface area contributed by atoms with Crippen LogP contribution in [0.1, 0.15) is 39.7 Å². The van der Waals surface area contributed by atoms with Crippen molar-refractivity contribution in [3.05, 3.63) is 64.0 Å². The molecule has 1 aromatic heterocycles. The van der Waals surface area contributed by atoms with Crippen molar-refractivity contribution < 1.29 is 9.59 Å². The summed E-state index contributed by atoms with van der Waals surface area (Å²) in [7, 11) is 0. The van der Waals surface area contributed by atoms with Gasteiger partial charge in [-0.15, -0.1) is 11.3 Å². The third kappa shape index (κ3) is 3.47. The Labute approximate surface area is 162 Å². The molecule has 0 saturated heterocycles. The summed E-state index contributed by atoms with van der Waals surface area (Å²) in [4.78, 5) is 25.9. The Hall–Kier alpha value is -2.66. The van der Waals surface area contributed by atoms with E-state index in [1.165, 1.54) is 16.2 Å². The molecule has 5 heteroatoms. The molecular formula is C22H22N2O2S. The van der Waals surface area contributed by atoms with Gasteiger partial charge < -0.3 is 11.1 Å². The second kappa shape index (κ2) is 7.16. The van der Waals surface area contributed by atoms with Crippen LogP contribution in [-0.4, -0.2) is 11.8 Å². The first-order valence-corrected chi connectivity index (χ1v) is 10.1. The maximum Gasteiger partial charge on any atom is 0.251 e. The van der Waals surface area contributed by atoms with Crippen LogP contribution >= 0.6 is 11.3 Å². The molecule has 4 nitrogen and oxygen atoms in total. The summed E-state index contributed by atoms with van der Waals surface area (Å²) in [6, 6.07) is 14.0. The number of rotatable bonds is 4. The smallest absolute Gasteiger partial charge is 0.251 e. The Balaban J connectivity index is 1.60. The Morgan fingerprint density at radius 1 is 1.19 bits per heavy atom. The van der Waals surface area contributed by atoms with Gasteiger partial charge in [0.15, 0.2) is 0 Å². The lowest BCUT2D eigenvalue weighted by Crippen LogP contribution is -2.20. The van der Waals surface area contributed by atoms with Crippen LogP contribution in [0.25, 0.3) is 10.8 Å². The van der Waals surface area contributed by atoms with Crippen LogP contribution in [-0.2, 0) is 24.1 Å². The van der Waals surface area contributed by atoms with Crippen molar-refractivity contribution in [1.29, 1.82) is 0 Å². The zero-order valence-corrected chi connectivity index (χ0v) is 16.1. The molecule has 2 aromatic carbocycles. The number of nitrogens with two attached hydrogens (primary N) is 1. The fourth-order valence-electron chi connectivity index (χ4n) is 3.89. The van der Waals surface area contributed by atoms with E-state index in [0.29, 0.717) is 16.5 Å². The number of amides is 2. The minimum absolute atomic E-state index is 0.125. The van der Waals surface area contributed by atoms with Crippen molar-refractivity contribution in [1.82, 2.24) is 0 Å². The zero-order chi connectivity index (χ0) is 19.0. The molecule has 0 spiro atoms. The molecule has 0 aliphatic heterocycles. The van der Waals surface area contributed by atoms with E-state index >= 15 is 0 Å². The molecule has 1 atom stereocenters. The van der Waals surface area contributed by atoms with Gasteiger partial charge >= 0.3 is 0 Å². The topological polar surface area (TPSA) is 72.2 Å². The van der Waals surface area contributed by atoms with Gasteiger partial charge in [0, 0.05) is 4.88 Å². The van der Waals surface area contributed by atoms with Crippen LogP contribution in [0.4, 0.5) is 5.00 Å². The van der Waals surface area contributed by atoms with Crippen molar-refractivity contribution in [3.63, 3.8) is 0 Å². The molecule has 3 N–H and O–H groups in total. The molecule has 0 radical (unpaired) electrons. The minimum Gasteiger partial charge on any atom is -0.365 e. The Kier molecular flexibility index (Phi) is 4.70. The van der Waals surface area contributed by atoms with Gasteiger partial charge in [0.25, 0.3) is 5.91 Å². The maximum absolute atomic E-state index is 12.7. The van der Waals surface area contributed by atoms with Gasteiger partial charge in [-0.3, -0.25) is 9.59 Å². The molecule has 27 heavy (non-hydrogen) atoms. The lowest BCUT2D eigenvalue weighted by atomic mass is 9.88. The molecule has 2 amide bonds. The first-order valence-electron chi connectivity index (χ1n) is 9.23. The van der Waals surface area contributed by atoms with Gasteiger partial charge in [0.2, 0.25) is 5.91 Å². The van der Waals surface area contributed by atoms with Gasteiger partial charge in [-0.1, -0.05) is 49.4 Å². The van der Waals surface area contributed by atoms with E-state index < -0.39 is 5.91 Å². The highest BCUT2D eigenvalue weighted by molar-refractivity contribution is 7.17. The molecule has 1 aliphatic carbocycles. The fraction of sp³-hybridized carbons (Fsp3) is 0.273. The normalized spacial score (nSPS) is 16.1. The van der Waals surface area contributed by atoms with Crippen LogP contribution in [0.15, 0.2) is 42.5 Å². The lowest BCUT2D eigenvalue weighted by molar-refractivity contribution is -0.115. The van der Waals surface area contributed by atoms with Gasteiger partial charge in [-0.05, 0) is 47.1 Å². The minimum atomic E-state index is -0.456. The molecule has 0 saturated carbocycles. The van der Waals surface area contributed by atoms with E-state index in [1.807, 2.05) is 42.5 Å². The van der Waals surface area contributed by atoms with E-state index in [1.54, 1.807) is 0 Å². The Morgan fingerprint density at radius 3 is 2.78 bits per heavy atom. The molecule has 138 valence electrons. The number of thiophene rings is 1. The van der Waals surface area contributed by atoms with Crippen LogP contribution < -0.4 is 11.1 Å². The highest BCUT2D eigenvalue weighted by atomic mass is 32.1. The predicted octanol–water partition coefficient (Wildman–Crippen LogP) is 4.31. The largest absolute Gasteiger partial charge is 0.365 e. The third-order valence-corrected chi connectivity index (χ3v) is 6.41. The zero-order valence-electron chi connectivity index (χ0n) is 15.2. The summed E-state index contributed by atoms with van der Waals surface area (Å²) in [5.74, 6) is 0.0131. The third-order valence-electron chi connectivity index (χ3n) is 5.24. The molecule has 0 unspecified atom stereocenters. The van der Waals surface area contributed by atoms with Gasteiger partial charge in [0.05, 0.1) is 12.0 Å². The van der Waals surface area contributed by atoms with E-state index in [0.717, 1.165) is 41.2 Å². The van der Waals surface area contributed by atoms with Crippen molar-refractivity contribution in [3.8, 4) is 0 Å². The Morgan fingerprint density at radius 2 is 1.96 bits per heavy atom. The van der Waals surface area contributed by atoms with Crippen LogP contribution in [0.3, 0.4) is 0 Å². The highest BCUT2D eigenvalue weighted by Crippen LogP contribution is 2.39. The van der Waals surface area contributed by atoms with Crippen molar-refractivity contribution in [2.75, 3.05) is 5.32 Å². The summed E-state index contributed by atoms with van der Waals surface area (Å²) in [5.41, 5.74) is 8.15. The van der Waals surface area contributed by atoms with Gasteiger partial charge in [-0.2, -0.15) is 0 Å². The van der Waals surface area contributed by atoms with Crippen molar-refractivity contribution in [2.45, 2.75) is 32.6 Å². The average Bonchev–Trinajstić information content (AvgIpc) is 2.98. The SMILES string of the molecule is C[C@@H]1CCc2c(sc(NC(=O)Cc3cccc4ccccc34)c2C(N)=O)C1. The Bertz CT molecular complexity index is 1030. The predicted molar refractivity (Wildman–Crippen MR) is 110 cm³/mol. The summed E-state index contributed by atoms with van der Waals surface area (Å²) >= 11 is 1.50. The van der Waals surface area contributed by atoms with E-state index in [9.17, 15) is 9.59 Å². The number of nitrogens with one attached hydrogen (secondary N) is 1. The van der Waals surface area contributed by atoms with Crippen LogP contribution in [0.2, 0.25) is 0 Å². The van der Waals surface area contributed by atoms with Crippen molar-refractivity contribution in [2.24, 2.45) is 11.7 Å². The highest BCUT2D eigenvalue weighted by Gasteiger charge is 2.27. The number of primary amides is 1. The molecule has 4 rings (SSSR count). The van der Waals surface area contributed by atoms with Crippen LogP contribution in [0, 0.1) is 5.92 Å². The first-order chi connectivity index (χ1) is 13.0. The second-order valence-electron chi connectivity index (χ2n) is 7.28.